The van der Waals surface area contributed by atoms with E-state index in [1.165, 1.54) is 69.1 Å². The third kappa shape index (κ3) is 5.74. The molecule has 5 aromatic rings. The number of aromatic nitrogens is 3. The van der Waals surface area contributed by atoms with Crippen LogP contribution >= 0.6 is 0 Å². The number of hydrogen-bond acceptors (Lipinski definition) is 7. The minimum absolute atomic E-state index is 0.0833. The molecule has 0 saturated heterocycles. The largest absolute Gasteiger partial charge is 0.491 e. The van der Waals surface area contributed by atoms with Crippen LogP contribution in [0, 0.1) is 18.6 Å². The molecule has 11 heteroatoms. The third-order valence-corrected chi connectivity index (χ3v) is 6.85. The highest BCUT2D eigenvalue weighted by Crippen LogP contribution is 2.35. The SMILES string of the molecule is COc1cc2nccc(Oc3ccc(NC(=O)c4cn(C(C)C)c(C)c(-c5ccc(F)cc5)c4=O)cc3F)c2nc1OC. The number of halogens is 2. The first-order valence-corrected chi connectivity index (χ1v) is 13.3. The van der Waals surface area contributed by atoms with Gasteiger partial charge in [-0.1, -0.05) is 12.1 Å². The van der Waals surface area contributed by atoms with E-state index in [0.717, 1.165) is 6.07 Å². The number of rotatable bonds is 8. The van der Waals surface area contributed by atoms with E-state index in [-0.39, 0.29) is 40.2 Å². The molecule has 9 nitrogen and oxygen atoms in total. The number of carbonyl (C=O) groups excluding carboxylic acids is 1. The van der Waals surface area contributed by atoms with Crippen molar-refractivity contribution in [2.75, 3.05) is 19.5 Å². The number of methoxy groups -OCH3 is 2. The molecule has 3 aromatic heterocycles. The molecule has 2 aromatic carbocycles. The number of nitrogens with one attached hydrogen (secondary N) is 1. The molecule has 3 heterocycles. The van der Waals surface area contributed by atoms with Gasteiger partial charge in [-0.3, -0.25) is 14.6 Å². The zero-order valence-corrected chi connectivity index (χ0v) is 24.1. The fraction of sp³-hybridized carbons (Fsp3) is 0.188. The number of pyridine rings is 3. The zero-order valence-electron chi connectivity index (χ0n) is 24.1. The standard InChI is InChI=1S/C32H28F2N4O5/c1-17(2)38-16-22(30(39)28(18(38)3)19-6-8-20(33)9-7-19)31(40)36-21-10-11-25(23(34)14-21)43-26-12-13-35-24-15-27(41-4)32(42-5)37-29(24)26/h6-17H,1-5H3,(H,36,40). The summed E-state index contributed by atoms with van der Waals surface area (Å²) in [6.07, 6.45) is 2.97. The second-order valence-corrected chi connectivity index (χ2v) is 9.92. The van der Waals surface area contributed by atoms with Gasteiger partial charge in [-0.2, -0.15) is 0 Å². The van der Waals surface area contributed by atoms with Gasteiger partial charge in [0.1, 0.15) is 16.9 Å². The number of benzene rings is 2. The average Bonchev–Trinajstić information content (AvgIpc) is 2.98. The molecule has 43 heavy (non-hydrogen) atoms. The summed E-state index contributed by atoms with van der Waals surface area (Å²) in [4.78, 5) is 35.5. The molecule has 0 bridgehead atoms. The van der Waals surface area contributed by atoms with E-state index in [9.17, 15) is 14.0 Å². The summed E-state index contributed by atoms with van der Waals surface area (Å²) in [5.41, 5.74) is 1.61. The van der Waals surface area contributed by atoms with Gasteiger partial charge < -0.3 is 24.1 Å². The van der Waals surface area contributed by atoms with Gasteiger partial charge in [-0.25, -0.2) is 13.8 Å². The van der Waals surface area contributed by atoms with E-state index in [0.29, 0.717) is 28.0 Å². The smallest absolute Gasteiger partial charge is 0.261 e. The van der Waals surface area contributed by atoms with Crippen molar-refractivity contribution in [3.8, 4) is 34.3 Å². The highest BCUT2D eigenvalue weighted by molar-refractivity contribution is 6.04. The topological polar surface area (TPSA) is 105 Å². The number of amides is 1. The monoisotopic (exact) mass is 586 g/mol. The Labute approximate surface area is 245 Å². The Morgan fingerprint density at radius 3 is 2.35 bits per heavy atom. The lowest BCUT2D eigenvalue weighted by Gasteiger charge is -2.20. The second-order valence-electron chi connectivity index (χ2n) is 9.92. The van der Waals surface area contributed by atoms with E-state index in [2.05, 4.69) is 15.3 Å². The number of carbonyl (C=O) groups is 1. The first-order chi connectivity index (χ1) is 20.6. The molecule has 1 amide bonds. The Bertz CT molecular complexity index is 1910. The molecule has 0 aliphatic carbocycles. The molecular formula is C32H28F2N4O5. The second kappa shape index (κ2) is 11.9. The maximum atomic E-state index is 15.2. The molecule has 1 N–H and O–H groups in total. The first kappa shape index (κ1) is 29.2. The van der Waals surface area contributed by atoms with Gasteiger partial charge in [-0.05, 0) is 50.6 Å². The Morgan fingerprint density at radius 1 is 0.953 bits per heavy atom. The predicted molar refractivity (Wildman–Crippen MR) is 158 cm³/mol. The fourth-order valence-electron chi connectivity index (χ4n) is 4.74. The molecule has 0 spiro atoms. The van der Waals surface area contributed by atoms with Crippen LogP contribution in [0.4, 0.5) is 14.5 Å². The number of fused-ring (bicyclic) bond motifs is 1. The molecular weight excluding hydrogens is 558 g/mol. The molecule has 0 aliphatic rings. The predicted octanol–water partition coefficient (Wildman–Crippen LogP) is 6.69. The van der Waals surface area contributed by atoms with Crippen LogP contribution in [-0.2, 0) is 0 Å². The van der Waals surface area contributed by atoms with E-state index in [1.807, 2.05) is 13.8 Å². The molecule has 5 rings (SSSR count). The molecule has 0 radical (unpaired) electrons. The normalized spacial score (nSPS) is 11.1. The van der Waals surface area contributed by atoms with Crippen molar-refractivity contribution >= 4 is 22.6 Å². The highest BCUT2D eigenvalue weighted by Gasteiger charge is 2.21. The zero-order chi connectivity index (χ0) is 30.8. The van der Waals surface area contributed by atoms with Crippen molar-refractivity contribution in [2.45, 2.75) is 26.8 Å². The lowest BCUT2D eigenvalue weighted by molar-refractivity contribution is 0.102. The summed E-state index contributed by atoms with van der Waals surface area (Å²) in [6.45, 7) is 5.59. The third-order valence-electron chi connectivity index (χ3n) is 6.85. The van der Waals surface area contributed by atoms with Crippen molar-refractivity contribution < 1.29 is 27.8 Å². The maximum Gasteiger partial charge on any atom is 0.261 e. The maximum absolute atomic E-state index is 15.2. The van der Waals surface area contributed by atoms with Crippen LogP contribution in [0.15, 0.2) is 71.8 Å². The van der Waals surface area contributed by atoms with Gasteiger partial charge in [0.25, 0.3) is 11.8 Å². The average molecular weight is 587 g/mol. The minimum atomic E-state index is -0.765. The van der Waals surface area contributed by atoms with Gasteiger partial charge in [0, 0.05) is 53.6 Å². The van der Waals surface area contributed by atoms with Crippen LogP contribution in [0.3, 0.4) is 0 Å². The number of ether oxygens (including phenoxy) is 3. The number of nitrogens with zero attached hydrogens (tertiary/aromatic N) is 3. The van der Waals surface area contributed by atoms with Crippen molar-refractivity contribution in [3.05, 3.63) is 100 Å². The quantitative estimate of drug-likeness (QED) is 0.216. The van der Waals surface area contributed by atoms with Crippen molar-refractivity contribution in [2.24, 2.45) is 0 Å². The highest BCUT2D eigenvalue weighted by atomic mass is 19.1. The van der Waals surface area contributed by atoms with Crippen LogP contribution in [-0.4, -0.2) is 34.7 Å². The van der Waals surface area contributed by atoms with E-state index < -0.39 is 23.0 Å². The molecule has 220 valence electrons. The van der Waals surface area contributed by atoms with Crippen LogP contribution in [0.5, 0.6) is 23.1 Å². The first-order valence-electron chi connectivity index (χ1n) is 13.3. The molecule has 0 unspecified atom stereocenters. The Hall–Kier alpha value is -5.32. The number of anilines is 1. The summed E-state index contributed by atoms with van der Waals surface area (Å²) in [5.74, 6) is -1.24. The Kier molecular flexibility index (Phi) is 8.07. The summed E-state index contributed by atoms with van der Waals surface area (Å²) < 4.78 is 46.9. The minimum Gasteiger partial charge on any atom is -0.491 e. The van der Waals surface area contributed by atoms with Crippen LogP contribution in [0.2, 0.25) is 0 Å². The molecule has 0 fully saturated rings. The Morgan fingerprint density at radius 2 is 1.70 bits per heavy atom. The molecule has 0 atom stereocenters. The number of hydrogen-bond donors (Lipinski definition) is 1. The van der Waals surface area contributed by atoms with Crippen LogP contribution in [0.1, 0.15) is 35.9 Å². The van der Waals surface area contributed by atoms with Crippen molar-refractivity contribution in [1.29, 1.82) is 0 Å². The van der Waals surface area contributed by atoms with Gasteiger partial charge >= 0.3 is 0 Å². The Balaban J connectivity index is 1.45. The van der Waals surface area contributed by atoms with Crippen LogP contribution < -0.4 is 25.0 Å². The summed E-state index contributed by atoms with van der Waals surface area (Å²) in [6, 6.07) is 12.5. The van der Waals surface area contributed by atoms with Crippen molar-refractivity contribution in [1.82, 2.24) is 14.5 Å². The van der Waals surface area contributed by atoms with Gasteiger partial charge in [-0.15, -0.1) is 0 Å². The summed E-state index contributed by atoms with van der Waals surface area (Å²) >= 11 is 0. The summed E-state index contributed by atoms with van der Waals surface area (Å²) in [5, 5.41) is 2.60. The van der Waals surface area contributed by atoms with E-state index >= 15 is 4.39 Å². The van der Waals surface area contributed by atoms with E-state index in [1.54, 1.807) is 17.6 Å². The van der Waals surface area contributed by atoms with Gasteiger partial charge in [0.05, 0.1) is 19.7 Å². The fourth-order valence-corrected chi connectivity index (χ4v) is 4.74. The lowest BCUT2D eigenvalue weighted by atomic mass is 10.00. The van der Waals surface area contributed by atoms with Crippen LogP contribution in [0.25, 0.3) is 22.2 Å². The van der Waals surface area contributed by atoms with Crippen molar-refractivity contribution in [3.63, 3.8) is 0 Å². The molecule has 0 saturated carbocycles. The van der Waals surface area contributed by atoms with Gasteiger partial charge in [0.2, 0.25) is 5.43 Å². The van der Waals surface area contributed by atoms with E-state index in [4.69, 9.17) is 14.2 Å². The summed E-state index contributed by atoms with van der Waals surface area (Å²) in [7, 11) is 2.92. The molecule has 0 aliphatic heterocycles. The lowest BCUT2D eigenvalue weighted by Crippen LogP contribution is -2.26. The van der Waals surface area contributed by atoms with Gasteiger partial charge in [0.15, 0.2) is 23.1 Å².